The first-order valence-corrected chi connectivity index (χ1v) is 7.92. The second-order valence-corrected chi connectivity index (χ2v) is 5.70. The van der Waals surface area contributed by atoms with Crippen molar-refractivity contribution in [2.45, 2.75) is 18.6 Å². The zero-order chi connectivity index (χ0) is 19.1. The number of primary amides is 1. The minimum Gasteiger partial charge on any atom is -0.478 e. The summed E-state index contributed by atoms with van der Waals surface area (Å²) in [7, 11) is 1.40. The normalized spacial score (nSPS) is 12.8. The number of nitrogens with two attached hydrogens (primary N) is 1. The van der Waals surface area contributed by atoms with Gasteiger partial charge in [-0.15, -0.1) is 0 Å². The van der Waals surface area contributed by atoms with Crippen LogP contribution in [0.4, 0.5) is 0 Å². The molecule has 2 atom stereocenters. The number of amides is 2. The van der Waals surface area contributed by atoms with Gasteiger partial charge in [0.2, 0.25) is 5.91 Å². The Morgan fingerprint density at radius 3 is 2.19 bits per heavy atom. The molecule has 7 nitrogen and oxygen atoms in total. The van der Waals surface area contributed by atoms with Crippen molar-refractivity contribution in [2.75, 3.05) is 7.11 Å². The molecule has 0 saturated heterocycles. The third-order valence-electron chi connectivity index (χ3n) is 3.88. The van der Waals surface area contributed by atoms with Crippen LogP contribution in [0, 0.1) is 0 Å². The summed E-state index contributed by atoms with van der Waals surface area (Å²) in [6.45, 7) is 0. The molecule has 2 aromatic carbocycles. The first-order chi connectivity index (χ1) is 12.4. The Kier molecular flexibility index (Phi) is 6.46. The maximum absolute atomic E-state index is 12.5. The number of ether oxygens (including phenoxy) is 1. The highest BCUT2D eigenvalue weighted by molar-refractivity contribution is 5.89. The van der Waals surface area contributed by atoms with Gasteiger partial charge in [0.05, 0.1) is 5.56 Å². The third kappa shape index (κ3) is 4.90. The molecule has 136 valence electrons. The number of hydrogen-bond acceptors (Lipinski definition) is 4. The van der Waals surface area contributed by atoms with Crippen molar-refractivity contribution in [2.24, 2.45) is 5.73 Å². The van der Waals surface area contributed by atoms with E-state index in [1.54, 1.807) is 36.4 Å². The fourth-order valence-electron chi connectivity index (χ4n) is 2.51. The number of carboxylic acid groups (broad SMARTS) is 1. The van der Waals surface area contributed by atoms with Gasteiger partial charge in [0, 0.05) is 13.5 Å². The molecule has 0 aromatic heterocycles. The maximum Gasteiger partial charge on any atom is 0.335 e. The van der Waals surface area contributed by atoms with Crippen molar-refractivity contribution >= 4 is 17.8 Å². The highest BCUT2D eigenvalue weighted by Crippen LogP contribution is 2.17. The van der Waals surface area contributed by atoms with Gasteiger partial charge in [-0.1, -0.05) is 42.5 Å². The maximum atomic E-state index is 12.5. The summed E-state index contributed by atoms with van der Waals surface area (Å²) in [5.74, 6) is -2.21. The number of hydrogen-bond donors (Lipinski definition) is 3. The summed E-state index contributed by atoms with van der Waals surface area (Å²) in [6, 6.07) is 14.0. The number of aromatic carboxylic acids is 1. The summed E-state index contributed by atoms with van der Waals surface area (Å²) >= 11 is 0. The molecule has 4 N–H and O–H groups in total. The summed E-state index contributed by atoms with van der Waals surface area (Å²) in [6.07, 6.45) is -0.723. The lowest BCUT2D eigenvalue weighted by molar-refractivity contribution is -0.134. The lowest BCUT2D eigenvalue weighted by atomic mass is 10.0. The van der Waals surface area contributed by atoms with E-state index >= 15 is 0 Å². The van der Waals surface area contributed by atoms with Crippen LogP contribution in [0.1, 0.15) is 27.6 Å². The van der Waals surface area contributed by atoms with E-state index in [2.05, 4.69) is 5.32 Å². The van der Waals surface area contributed by atoms with Crippen molar-refractivity contribution in [3.8, 4) is 0 Å². The average Bonchev–Trinajstić information content (AvgIpc) is 2.63. The van der Waals surface area contributed by atoms with E-state index in [1.165, 1.54) is 19.2 Å². The van der Waals surface area contributed by atoms with Gasteiger partial charge in [-0.25, -0.2) is 4.79 Å². The molecule has 0 heterocycles. The SMILES string of the molecule is CO[C@@H](C(=O)N[C@H](Cc1ccc(C(=O)O)cc1)C(N)=O)c1ccccc1. The minimum absolute atomic E-state index is 0.136. The predicted octanol–water partition coefficient (Wildman–Crippen LogP) is 1.29. The number of rotatable bonds is 8. The first kappa shape index (κ1) is 19.1. The Hall–Kier alpha value is -3.19. The molecular weight excluding hydrogens is 336 g/mol. The van der Waals surface area contributed by atoms with Crippen LogP contribution in [-0.2, 0) is 20.7 Å². The highest BCUT2D eigenvalue weighted by Gasteiger charge is 2.25. The number of benzene rings is 2. The highest BCUT2D eigenvalue weighted by atomic mass is 16.5. The van der Waals surface area contributed by atoms with Gasteiger partial charge in [-0.2, -0.15) is 0 Å². The van der Waals surface area contributed by atoms with E-state index in [0.29, 0.717) is 11.1 Å². The molecule has 2 amide bonds. The van der Waals surface area contributed by atoms with Crippen LogP contribution in [0.15, 0.2) is 54.6 Å². The van der Waals surface area contributed by atoms with E-state index in [4.69, 9.17) is 15.6 Å². The molecule has 0 bridgehead atoms. The molecule has 0 unspecified atom stereocenters. The number of carbonyl (C=O) groups excluding carboxylic acids is 2. The number of nitrogens with one attached hydrogen (secondary N) is 1. The summed E-state index contributed by atoms with van der Waals surface area (Å²) in [5, 5.41) is 11.5. The Labute approximate surface area is 150 Å². The van der Waals surface area contributed by atoms with Gasteiger partial charge in [0.1, 0.15) is 6.04 Å². The van der Waals surface area contributed by atoms with Crippen LogP contribution in [-0.4, -0.2) is 36.0 Å². The molecular formula is C19H20N2O5. The molecule has 0 saturated carbocycles. The molecule has 0 spiro atoms. The fraction of sp³-hybridized carbons (Fsp3) is 0.211. The summed E-state index contributed by atoms with van der Waals surface area (Å²) < 4.78 is 5.24. The minimum atomic E-state index is -1.04. The Morgan fingerprint density at radius 2 is 1.69 bits per heavy atom. The number of methoxy groups -OCH3 is 1. The van der Waals surface area contributed by atoms with Gasteiger partial charge in [0.15, 0.2) is 6.10 Å². The number of carbonyl (C=O) groups is 3. The van der Waals surface area contributed by atoms with Crippen LogP contribution >= 0.6 is 0 Å². The van der Waals surface area contributed by atoms with Gasteiger partial charge < -0.3 is 20.9 Å². The Balaban J connectivity index is 2.10. The second-order valence-electron chi connectivity index (χ2n) is 5.70. The quantitative estimate of drug-likeness (QED) is 0.658. The lowest BCUT2D eigenvalue weighted by Crippen LogP contribution is -2.47. The molecule has 0 aliphatic heterocycles. The topological polar surface area (TPSA) is 119 Å². The molecule has 26 heavy (non-hydrogen) atoms. The molecule has 0 radical (unpaired) electrons. The Bertz CT molecular complexity index is 774. The van der Waals surface area contributed by atoms with Gasteiger partial charge >= 0.3 is 5.97 Å². The van der Waals surface area contributed by atoms with Crippen LogP contribution in [0.5, 0.6) is 0 Å². The molecule has 7 heteroatoms. The van der Waals surface area contributed by atoms with Crippen molar-refractivity contribution < 1.29 is 24.2 Å². The van der Waals surface area contributed by atoms with E-state index in [0.717, 1.165) is 0 Å². The van der Waals surface area contributed by atoms with Crippen LogP contribution in [0.2, 0.25) is 0 Å². The zero-order valence-corrected chi connectivity index (χ0v) is 14.2. The largest absolute Gasteiger partial charge is 0.478 e. The van der Waals surface area contributed by atoms with E-state index < -0.39 is 29.9 Å². The van der Waals surface area contributed by atoms with Crippen LogP contribution in [0.3, 0.4) is 0 Å². The fourth-order valence-corrected chi connectivity index (χ4v) is 2.51. The predicted molar refractivity (Wildman–Crippen MR) is 94.4 cm³/mol. The lowest BCUT2D eigenvalue weighted by Gasteiger charge is -2.20. The van der Waals surface area contributed by atoms with Crippen LogP contribution < -0.4 is 11.1 Å². The molecule has 0 aliphatic rings. The average molecular weight is 356 g/mol. The van der Waals surface area contributed by atoms with Crippen molar-refractivity contribution in [1.29, 1.82) is 0 Å². The van der Waals surface area contributed by atoms with Crippen LogP contribution in [0.25, 0.3) is 0 Å². The molecule has 2 aromatic rings. The third-order valence-corrected chi connectivity index (χ3v) is 3.88. The summed E-state index contributed by atoms with van der Waals surface area (Å²) in [4.78, 5) is 35.1. The first-order valence-electron chi connectivity index (χ1n) is 7.92. The van der Waals surface area contributed by atoms with E-state index in [1.807, 2.05) is 6.07 Å². The number of carboxylic acids is 1. The van der Waals surface area contributed by atoms with Gasteiger partial charge in [0.25, 0.3) is 5.91 Å². The monoisotopic (exact) mass is 356 g/mol. The molecule has 0 fully saturated rings. The van der Waals surface area contributed by atoms with Crippen molar-refractivity contribution in [3.05, 3.63) is 71.3 Å². The zero-order valence-electron chi connectivity index (χ0n) is 14.2. The van der Waals surface area contributed by atoms with Gasteiger partial charge in [-0.3, -0.25) is 9.59 Å². The Morgan fingerprint density at radius 1 is 1.08 bits per heavy atom. The van der Waals surface area contributed by atoms with Gasteiger partial charge in [-0.05, 0) is 23.3 Å². The summed E-state index contributed by atoms with van der Waals surface area (Å²) in [5.41, 5.74) is 6.87. The smallest absolute Gasteiger partial charge is 0.335 e. The molecule has 2 rings (SSSR count). The van der Waals surface area contributed by atoms with E-state index in [9.17, 15) is 14.4 Å². The second kappa shape index (κ2) is 8.77. The van der Waals surface area contributed by atoms with E-state index in [-0.39, 0.29) is 12.0 Å². The van der Waals surface area contributed by atoms with Crippen molar-refractivity contribution in [3.63, 3.8) is 0 Å². The standard InChI is InChI=1S/C19H20N2O5/c1-26-16(13-5-3-2-4-6-13)18(23)21-15(17(20)22)11-12-7-9-14(10-8-12)19(24)25/h2-10,15-16H,11H2,1H3,(H2,20,22)(H,21,23)(H,24,25)/t15-,16-/m1/s1. The van der Waals surface area contributed by atoms with Crippen molar-refractivity contribution in [1.82, 2.24) is 5.32 Å². The molecule has 0 aliphatic carbocycles.